The Morgan fingerprint density at radius 2 is 2.00 bits per heavy atom. The smallest absolute Gasteiger partial charge is 0.232 e. The number of fused-ring (bicyclic) bond motifs is 1. The Kier molecular flexibility index (Phi) is 4.64. The second-order valence-corrected chi connectivity index (χ2v) is 7.02. The van der Waals surface area contributed by atoms with Gasteiger partial charge in [-0.05, 0) is 29.8 Å². The maximum atomic E-state index is 13.3. The molecule has 0 unspecified atom stereocenters. The molecule has 27 heavy (non-hydrogen) atoms. The number of hydrogen-bond acceptors (Lipinski definition) is 5. The van der Waals surface area contributed by atoms with Crippen LogP contribution in [0.25, 0.3) is 11.0 Å². The number of carbonyl (C=O) groups is 1. The highest BCUT2D eigenvalue weighted by atomic mass is 32.1. The third kappa shape index (κ3) is 3.85. The normalized spacial score (nSPS) is 11.0. The molecular formula is C19H13F2N3O2S. The standard InChI is InChI=1S/C19H13F2N3O2S/c20-14-6-5-11(8-15(14)21)7-12-10-22-19(27-12)23-18(25)9-16-13-3-1-2-4-17(13)26-24-16/h1-6,8,10H,7,9H2,(H,22,23,25). The van der Waals surface area contributed by atoms with Crippen LogP contribution in [0.1, 0.15) is 16.1 Å². The van der Waals surface area contributed by atoms with E-state index in [0.717, 1.165) is 22.4 Å². The Morgan fingerprint density at radius 1 is 1.15 bits per heavy atom. The second kappa shape index (κ2) is 7.24. The van der Waals surface area contributed by atoms with Crippen molar-refractivity contribution in [1.82, 2.24) is 10.1 Å². The molecule has 2 heterocycles. The molecule has 0 atom stereocenters. The molecule has 0 fully saturated rings. The molecule has 0 radical (unpaired) electrons. The van der Waals surface area contributed by atoms with Crippen LogP contribution >= 0.6 is 11.3 Å². The Morgan fingerprint density at radius 3 is 2.85 bits per heavy atom. The molecule has 0 bridgehead atoms. The molecular weight excluding hydrogens is 372 g/mol. The van der Waals surface area contributed by atoms with E-state index in [1.165, 1.54) is 17.4 Å². The van der Waals surface area contributed by atoms with Crippen LogP contribution in [0.5, 0.6) is 0 Å². The van der Waals surface area contributed by atoms with Crippen LogP contribution in [-0.4, -0.2) is 16.0 Å². The molecule has 0 aliphatic heterocycles. The van der Waals surface area contributed by atoms with Gasteiger partial charge in [0.05, 0.1) is 6.42 Å². The molecule has 0 aliphatic carbocycles. The largest absolute Gasteiger partial charge is 0.356 e. The monoisotopic (exact) mass is 385 g/mol. The minimum absolute atomic E-state index is 0.0646. The van der Waals surface area contributed by atoms with Crippen molar-refractivity contribution in [1.29, 1.82) is 0 Å². The Hall–Kier alpha value is -3.13. The molecule has 2 aromatic heterocycles. The fraction of sp³-hybridized carbons (Fsp3) is 0.105. The number of thiazole rings is 1. The molecule has 4 rings (SSSR count). The first-order chi connectivity index (χ1) is 13.1. The predicted octanol–water partition coefficient (Wildman–Crippen LogP) is 4.33. The lowest BCUT2D eigenvalue weighted by Crippen LogP contribution is -2.14. The van der Waals surface area contributed by atoms with Gasteiger partial charge < -0.3 is 9.84 Å². The number of hydrogen-bond donors (Lipinski definition) is 1. The van der Waals surface area contributed by atoms with Crippen LogP contribution in [0.2, 0.25) is 0 Å². The molecule has 1 N–H and O–H groups in total. The Bertz CT molecular complexity index is 1120. The molecule has 0 saturated carbocycles. The summed E-state index contributed by atoms with van der Waals surface area (Å²) in [6.07, 6.45) is 2.07. The average molecular weight is 385 g/mol. The highest BCUT2D eigenvalue weighted by Crippen LogP contribution is 2.23. The molecule has 4 aromatic rings. The highest BCUT2D eigenvalue weighted by Gasteiger charge is 2.14. The number of nitrogens with zero attached hydrogens (tertiary/aromatic N) is 2. The van der Waals surface area contributed by atoms with Gasteiger partial charge >= 0.3 is 0 Å². The van der Waals surface area contributed by atoms with Gasteiger partial charge in [-0.25, -0.2) is 13.8 Å². The van der Waals surface area contributed by atoms with Gasteiger partial charge in [-0.3, -0.25) is 4.79 Å². The zero-order chi connectivity index (χ0) is 18.8. The van der Waals surface area contributed by atoms with Crippen molar-refractivity contribution in [3.63, 3.8) is 0 Å². The minimum atomic E-state index is -0.884. The number of benzene rings is 2. The van der Waals surface area contributed by atoms with Gasteiger partial charge in [-0.1, -0.05) is 23.4 Å². The van der Waals surface area contributed by atoms with Crippen LogP contribution in [0.3, 0.4) is 0 Å². The van der Waals surface area contributed by atoms with E-state index in [1.807, 2.05) is 18.2 Å². The fourth-order valence-corrected chi connectivity index (χ4v) is 3.54. The maximum Gasteiger partial charge on any atom is 0.232 e. The average Bonchev–Trinajstić information content (AvgIpc) is 3.25. The zero-order valence-corrected chi connectivity index (χ0v) is 14.7. The Balaban J connectivity index is 1.41. The van der Waals surface area contributed by atoms with Gasteiger partial charge in [-0.2, -0.15) is 0 Å². The number of nitrogens with one attached hydrogen (secondary N) is 1. The summed E-state index contributed by atoms with van der Waals surface area (Å²) in [5.41, 5.74) is 1.81. The van der Waals surface area contributed by atoms with E-state index in [2.05, 4.69) is 15.5 Å². The van der Waals surface area contributed by atoms with Crippen molar-refractivity contribution in [2.24, 2.45) is 0 Å². The quantitative estimate of drug-likeness (QED) is 0.555. The number of para-hydroxylation sites is 1. The summed E-state index contributed by atoms with van der Waals surface area (Å²) >= 11 is 1.28. The number of anilines is 1. The van der Waals surface area contributed by atoms with Crippen molar-refractivity contribution < 1.29 is 18.1 Å². The number of aromatic nitrogens is 2. The van der Waals surface area contributed by atoms with Gasteiger partial charge in [0.2, 0.25) is 5.91 Å². The minimum Gasteiger partial charge on any atom is -0.356 e. The summed E-state index contributed by atoms with van der Waals surface area (Å²) in [5, 5.41) is 7.89. The fourth-order valence-electron chi connectivity index (χ4n) is 2.68. The summed E-state index contributed by atoms with van der Waals surface area (Å²) < 4.78 is 31.5. The summed E-state index contributed by atoms with van der Waals surface area (Å²) in [4.78, 5) is 17.2. The highest BCUT2D eigenvalue weighted by molar-refractivity contribution is 7.15. The van der Waals surface area contributed by atoms with E-state index < -0.39 is 11.6 Å². The molecule has 5 nitrogen and oxygen atoms in total. The SMILES string of the molecule is O=C(Cc1noc2ccccc12)Nc1ncc(Cc2ccc(F)c(F)c2)s1. The number of amides is 1. The van der Waals surface area contributed by atoms with Crippen LogP contribution in [0, 0.1) is 11.6 Å². The zero-order valence-electron chi connectivity index (χ0n) is 13.9. The number of rotatable bonds is 5. The third-order valence-electron chi connectivity index (χ3n) is 3.94. The first-order valence-electron chi connectivity index (χ1n) is 8.10. The second-order valence-electron chi connectivity index (χ2n) is 5.91. The van der Waals surface area contributed by atoms with Crippen LogP contribution in [-0.2, 0) is 17.6 Å². The van der Waals surface area contributed by atoms with Crippen LogP contribution < -0.4 is 5.32 Å². The molecule has 1 amide bonds. The maximum absolute atomic E-state index is 13.3. The van der Waals surface area contributed by atoms with E-state index in [4.69, 9.17) is 4.52 Å². The van der Waals surface area contributed by atoms with Gasteiger partial charge in [0, 0.05) is 22.9 Å². The number of carbonyl (C=O) groups excluding carboxylic acids is 1. The molecule has 0 spiro atoms. The van der Waals surface area contributed by atoms with Crippen molar-refractivity contribution in [3.05, 3.63) is 76.4 Å². The predicted molar refractivity (Wildman–Crippen MR) is 97.6 cm³/mol. The van der Waals surface area contributed by atoms with E-state index in [9.17, 15) is 13.6 Å². The van der Waals surface area contributed by atoms with Crippen molar-refractivity contribution >= 4 is 33.3 Å². The first kappa shape index (κ1) is 17.3. The third-order valence-corrected chi connectivity index (χ3v) is 4.86. The van der Waals surface area contributed by atoms with E-state index in [1.54, 1.807) is 12.3 Å². The van der Waals surface area contributed by atoms with Gasteiger partial charge in [0.1, 0.15) is 5.69 Å². The summed E-state index contributed by atoms with van der Waals surface area (Å²) in [6, 6.07) is 11.1. The Labute approximate surface area is 156 Å². The molecule has 0 aliphatic rings. The topological polar surface area (TPSA) is 68.0 Å². The molecule has 2 aromatic carbocycles. The summed E-state index contributed by atoms with van der Waals surface area (Å²) in [7, 11) is 0. The van der Waals surface area contributed by atoms with Gasteiger partial charge in [0.25, 0.3) is 0 Å². The van der Waals surface area contributed by atoms with E-state index in [0.29, 0.717) is 28.4 Å². The summed E-state index contributed by atoms with van der Waals surface area (Å²) in [6.45, 7) is 0. The lowest BCUT2D eigenvalue weighted by atomic mass is 10.1. The molecule has 136 valence electrons. The molecule has 0 saturated heterocycles. The van der Waals surface area contributed by atoms with E-state index >= 15 is 0 Å². The lowest BCUT2D eigenvalue weighted by Gasteiger charge is -2.00. The first-order valence-corrected chi connectivity index (χ1v) is 8.92. The van der Waals surface area contributed by atoms with Gasteiger partial charge in [-0.15, -0.1) is 11.3 Å². The van der Waals surface area contributed by atoms with Crippen LogP contribution in [0.15, 0.2) is 53.2 Å². The van der Waals surface area contributed by atoms with Crippen molar-refractivity contribution in [2.45, 2.75) is 12.8 Å². The van der Waals surface area contributed by atoms with Crippen molar-refractivity contribution in [2.75, 3.05) is 5.32 Å². The lowest BCUT2D eigenvalue weighted by molar-refractivity contribution is -0.115. The van der Waals surface area contributed by atoms with Gasteiger partial charge in [0.15, 0.2) is 22.3 Å². The molecule has 8 heteroatoms. The van der Waals surface area contributed by atoms with Crippen molar-refractivity contribution in [3.8, 4) is 0 Å². The summed E-state index contributed by atoms with van der Waals surface area (Å²) in [5.74, 6) is -2.02. The van der Waals surface area contributed by atoms with E-state index in [-0.39, 0.29) is 12.3 Å². The van der Waals surface area contributed by atoms with Crippen LogP contribution in [0.4, 0.5) is 13.9 Å². The number of halogens is 2.